The highest BCUT2D eigenvalue weighted by Gasteiger charge is 2.15. The third-order valence-corrected chi connectivity index (χ3v) is 3.79. The fourth-order valence-corrected chi connectivity index (χ4v) is 2.31. The van der Waals surface area contributed by atoms with E-state index < -0.39 is 0 Å². The van der Waals surface area contributed by atoms with E-state index >= 15 is 0 Å². The van der Waals surface area contributed by atoms with Gasteiger partial charge in [-0.05, 0) is 24.3 Å². The lowest BCUT2D eigenvalue weighted by Crippen LogP contribution is -2.23. The first-order chi connectivity index (χ1) is 12.7. The molecular weight excluding hydrogens is 457 g/mol. The third kappa shape index (κ3) is 5.68. The molecule has 3 aromatic rings. The minimum absolute atomic E-state index is 0. The number of nitrogens with one attached hydrogen (secondary N) is 1. The minimum atomic E-state index is -0.0452. The Balaban J connectivity index is 0.00000261. The van der Waals surface area contributed by atoms with E-state index in [9.17, 15) is 0 Å². The molecule has 1 atom stereocenters. The van der Waals surface area contributed by atoms with Gasteiger partial charge in [0, 0.05) is 11.3 Å². The van der Waals surface area contributed by atoms with Crippen LogP contribution in [0.4, 0.5) is 5.69 Å². The second-order valence-electron chi connectivity index (χ2n) is 5.80. The van der Waals surface area contributed by atoms with E-state index in [-0.39, 0.29) is 29.9 Å². The highest BCUT2D eigenvalue weighted by Crippen LogP contribution is 2.20. The molecule has 0 fully saturated rings. The first kappa shape index (κ1) is 20.7. The summed E-state index contributed by atoms with van der Waals surface area (Å²) in [5.41, 5.74) is 7.69. The maximum absolute atomic E-state index is 5.94. The molecule has 27 heavy (non-hydrogen) atoms. The van der Waals surface area contributed by atoms with Crippen molar-refractivity contribution in [3.05, 3.63) is 60.5 Å². The van der Waals surface area contributed by atoms with Crippen LogP contribution in [-0.4, -0.2) is 29.8 Å². The summed E-state index contributed by atoms with van der Waals surface area (Å²) in [5, 5.41) is 7.06. The topological polar surface area (TPSA) is 98.6 Å². The molecule has 0 aliphatic heterocycles. The molecule has 0 amide bonds. The molecule has 7 nitrogen and oxygen atoms in total. The molecule has 0 saturated heterocycles. The van der Waals surface area contributed by atoms with E-state index in [0.29, 0.717) is 24.2 Å². The molecule has 3 N–H and O–H groups in total. The summed E-state index contributed by atoms with van der Waals surface area (Å²) >= 11 is 0. The fraction of sp³-hybridized carbons (Fsp3) is 0.211. The van der Waals surface area contributed by atoms with E-state index in [1.54, 1.807) is 7.11 Å². The molecule has 0 radical (unpaired) electrons. The predicted molar refractivity (Wildman–Crippen MR) is 117 cm³/mol. The Labute approximate surface area is 175 Å². The monoisotopic (exact) mass is 479 g/mol. The minimum Gasteiger partial charge on any atom is -0.497 e. The van der Waals surface area contributed by atoms with Gasteiger partial charge in [-0.3, -0.25) is 4.99 Å². The Hall–Kier alpha value is -2.62. The maximum Gasteiger partial charge on any atom is 0.231 e. The standard InChI is InChI=1S/C19H21N5O2.HI/c1-13(18-23-17(24-26-18)14-6-4-3-5-7-14)12-21-19(20)22-15-8-10-16(25-2)11-9-15;/h3-11,13H,12H2,1-2H3,(H3,20,21,22);1H. The molecule has 0 aliphatic rings. The van der Waals surface area contributed by atoms with Crippen LogP contribution in [0.15, 0.2) is 64.1 Å². The third-order valence-electron chi connectivity index (χ3n) is 3.79. The van der Waals surface area contributed by atoms with Gasteiger partial charge in [-0.15, -0.1) is 24.0 Å². The summed E-state index contributed by atoms with van der Waals surface area (Å²) in [5.74, 6) is 2.16. The number of nitrogens with two attached hydrogens (primary N) is 1. The average Bonchev–Trinajstić information content (AvgIpc) is 3.18. The van der Waals surface area contributed by atoms with Crippen molar-refractivity contribution in [2.75, 3.05) is 19.0 Å². The number of aromatic nitrogens is 2. The predicted octanol–water partition coefficient (Wildman–Crippen LogP) is 3.89. The number of ether oxygens (including phenoxy) is 1. The molecule has 0 bridgehead atoms. The molecular formula is C19H22IN5O2. The van der Waals surface area contributed by atoms with Gasteiger partial charge in [-0.25, -0.2) is 0 Å². The normalized spacial score (nSPS) is 12.1. The summed E-state index contributed by atoms with van der Waals surface area (Å²) in [6, 6.07) is 17.1. The van der Waals surface area contributed by atoms with E-state index in [0.717, 1.165) is 17.0 Å². The largest absolute Gasteiger partial charge is 0.497 e. The van der Waals surface area contributed by atoms with Gasteiger partial charge in [0.15, 0.2) is 5.96 Å². The Morgan fingerprint density at radius 3 is 2.56 bits per heavy atom. The summed E-state index contributed by atoms with van der Waals surface area (Å²) < 4.78 is 10.5. The van der Waals surface area contributed by atoms with Gasteiger partial charge < -0.3 is 20.3 Å². The van der Waals surface area contributed by atoms with Gasteiger partial charge in [0.1, 0.15) is 5.75 Å². The van der Waals surface area contributed by atoms with Crippen molar-refractivity contribution >= 4 is 35.6 Å². The molecule has 0 saturated carbocycles. The van der Waals surface area contributed by atoms with Crippen LogP contribution in [0.1, 0.15) is 18.7 Å². The molecule has 142 valence electrons. The quantitative estimate of drug-likeness (QED) is 0.316. The number of halogens is 1. The molecule has 0 spiro atoms. The van der Waals surface area contributed by atoms with Crippen molar-refractivity contribution in [3.63, 3.8) is 0 Å². The number of methoxy groups -OCH3 is 1. The van der Waals surface area contributed by atoms with E-state index in [1.807, 2.05) is 61.5 Å². The molecule has 1 heterocycles. The second-order valence-corrected chi connectivity index (χ2v) is 5.80. The van der Waals surface area contributed by atoms with Crippen LogP contribution in [-0.2, 0) is 0 Å². The number of rotatable bonds is 6. The number of nitrogens with zero attached hydrogens (tertiary/aromatic N) is 3. The Morgan fingerprint density at radius 1 is 1.19 bits per heavy atom. The molecule has 0 aliphatic carbocycles. The van der Waals surface area contributed by atoms with Crippen molar-refractivity contribution < 1.29 is 9.26 Å². The van der Waals surface area contributed by atoms with E-state index in [2.05, 4.69) is 20.4 Å². The van der Waals surface area contributed by atoms with Crippen LogP contribution < -0.4 is 15.8 Å². The zero-order valence-corrected chi connectivity index (χ0v) is 17.5. The molecule has 8 heteroatoms. The molecule has 3 rings (SSSR count). The van der Waals surface area contributed by atoms with Gasteiger partial charge in [0.05, 0.1) is 19.6 Å². The van der Waals surface area contributed by atoms with Crippen molar-refractivity contribution in [2.24, 2.45) is 10.7 Å². The van der Waals surface area contributed by atoms with Gasteiger partial charge in [-0.2, -0.15) is 4.98 Å². The zero-order valence-electron chi connectivity index (χ0n) is 15.1. The highest BCUT2D eigenvalue weighted by atomic mass is 127. The lowest BCUT2D eigenvalue weighted by molar-refractivity contribution is 0.361. The van der Waals surface area contributed by atoms with Crippen molar-refractivity contribution in [3.8, 4) is 17.1 Å². The van der Waals surface area contributed by atoms with Gasteiger partial charge >= 0.3 is 0 Å². The zero-order chi connectivity index (χ0) is 18.4. The SMILES string of the molecule is COc1ccc(NC(N)=NCC(C)c2nc(-c3ccccc3)no2)cc1.I. The van der Waals surface area contributed by atoms with Gasteiger partial charge in [0.25, 0.3) is 0 Å². The number of hydrogen-bond donors (Lipinski definition) is 2. The van der Waals surface area contributed by atoms with E-state index in [1.165, 1.54) is 0 Å². The Morgan fingerprint density at radius 2 is 1.89 bits per heavy atom. The van der Waals surface area contributed by atoms with Crippen molar-refractivity contribution in [2.45, 2.75) is 12.8 Å². The van der Waals surface area contributed by atoms with Crippen molar-refractivity contribution in [1.29, 1.82) is 0 Å². The van der Waals surface area contributed by atoms with Crippen LogP contribution in [0.2, 0.25) is 0 Å². The smallest absolute Gasteiger partial charge is 0.231 e. The summed E-state index contributed by atoms with van der Waals surface area (Å²) in [6.07, 6.45) is 0. The number of benzene rings is 2. The van der Waals surface area contributed by atoms with Gasteiger partial charge in [0.2, 0.25) is 11.7 Å². The number of aliphatic imine (C=N–C) groups is 1. The van der Waals surface area contributed by atoms with Crippen molar-refractivity contribution in [1.82, 2.24) is 10.1 Å². The van der Waals surface area contributed by atoms with Crippen LogP contribution >= 0.6 is 24.0 Å². The molecule has 2 aromatic carbocycles. The lowest BCUT2D eigenvalue weighted by Gasteiger charge is -2.08. The van der Waals surface area contributed by atoms with Crippen LogP contribution in [0.25, 0.3) is 11.4 Å². The summed E-state index contributed by atoms with van der Waals surface area (Å²) in [6.45, 7) is 2.40. The van der Waals surface area contributed by atoms with Crippen LogP contribution in [0.5, 0.6) is 5.75 Å². The lowest BCUT2D eigenvalue weighted by atomic mass is 10.2. The van der Waals surface area contributed by atoms with Crippen LogP contribution in [0.3, 0.4) is 0 Å². The number of hydrogen-bond acceptors (Lipinski definition) is 5. The Bertz CT molecular complexity index is 865. The Kier molecular flexibility index (Phi) is 7.59. The summed E-state index contributed by atoms with van der Waals surface area (Å²) in [7, 11) is 1.63. The fourth-order valence-electron chi connectivity index (χ4n) is 2.31. The first-order valence-corrected chi connectivity index (χ1v) is 8.25. The average molecular weight is 479 g/mol. The maximum atomic E-state index is 5.94. The second kappa shape index (κ2) is 9.91. The summed E-state index contributed by atoms with van der Waals surface area (Å²) in [4.78, 5) is 8.78. The number of anilines is 1. The molecule has 1 aromatic heterocycles. The molecule has 1 unspecified atom stereocenters. The van der Waals surface area contributed by atoms with Crippen LogP contribution in [0, 0.1) is 0 Å². The number of guanidine groups is 1. The highest BCUT2D eigenvalue weighted by molar-refractivity contribution is 14.0. The van der Waals surface area contributed by atoms with Gasteiger partial charge in [-0.1, -0.05) is 42.4 Å². The first-order valence-electron chi connectivity index (χ1n) is 8.25. The van der Waals surface area contributed by atoms with E-state index in [4.69, 9.17) is 15.0 Å².